The number of carbonyl (C=O) groups excluding carboxylic acids is 1. The highest BCUT2D eigenvalue weighted by molar-refractivity contribution is 5.97. The van der Waals surface area contributed by atoms with Gasteiger partial charge in [0.05, 0.1) is 5.56 Å². The SMILES string of the molecule is NC(=O)c1cnc(Nc2ccc(C3CCN(C4CCOCC4)CC3)cc2)nc1NC1CC1. The molecule has 1 aromatic carbocycles. The van der Waals surface area contributed by atoms with Crippen LogP contribution in [0.4, 0.5) is 17.5 Å². The van der Waals surface area contributed by atoms with Crippen LogP contribution < -0.4 is 16.4 Å². The number of rotatable bonds is 7. The zero-order valence-corrected chi connectivity index (χ0v) is 18.4. The summed E-state index contributed by atoms with van der Waals surface area (Å²) < 4.78 is 5.51. The fourth-order valence-corrected chi connectivity index (χ4v) is 4.77. The van der Waals surface area contributed by atoms with Crippen LogP contribution in [-0.4, -0.2) is 59.2 Å². The number of nitrogens with two attached hydrogens (primary N) is 1. The van der Waals surface area contributed by atoms with Gasteiger partial charge in [-0.05, 0) is 75.2 Å². The number of ether oxygens (including phenoxy) is 1. The molecule has 1 aliphatic carbocycles. The first kappa shape index (κ1) is 21.2. The van der Waals surface area contributed by atoms with Gasteiger partial charge in [-0.25, -0.2) is 4.98 Å². The minimum absolute atomic E-state index is 0.324. The Morgan fingerprint density at radius 3 is 2.41 bits per heavy atom. The Balaban J connectivity index is 1.19. The predicted molar refractivity (Wildman–Crippen MR) is 124 cm³/mol. The van der Waals surface area contributed by atoms with Crippen molar-refractivity contribution in [3.8, 4) is 0 Å². The van der Waals surface area contributed by atoms with E-state index < -0.39 is 5.91 Å². The molecule has 3 heterocycles. The number of primary amides is 1. The van der Waals surface area contributed by atoms with E-state index in [1.807, 2.05) is 0 Å². The molecule has 0 bridgehead atoms. The Labute approximate surface area is 188 Å². The molecule has 4 N–H and O–H groups in total. The van der Waals surface area contributed by atoms with E-state index in [2.05, 4.69) is 49.8 Å². The molecule has 32 heavy (non-hydrogen) atoms. The van der Waals surface area contributed by atoms with Crippen LogP contribution in [0.1, 0.15) is 60.4 Å². The van der Waals surface area contributed by atoms with E-state index in [9.17, 15) is 4.79 Å². The van der Waals surface area contributed by atoms with Crippen LogP contribution in [0.25, 0.3) is 0 Å². The average molecular weight is 437 g/mol. The van der Waals surface area contributed by atoms with Crippen molar-refractivity contribution in [3.63, 3.8) is 0 Å². The maximum atomic E-state index is 11.7. The maximum Gasteiger partial charge on any atom is 0.254 e. The summed E-state index contributed by atoms with van der Waals surface area (Å²) in [5.41, 5.74) is 8.11. The van der Waals surface area contributed by atoms with E-state index in [4.69, 9.17) is 10.5 Å². The molecule has 1 amide bonds. The quantitative estimate of drug-likeness (QED) is 0.612. The smallest absolute Gasteiger partial charge is 0.254 e. The van der Waals surface area contributed by atoms with Crippen molar-refractivity contribution in [1.29, 1.82) is 0 Å². The molecule has 170 valence electrons. The molecule has 1 aromatic heterocycles. The van der Waals surface area contributed by atoms with E-state index in [0.717, 1.165) is 31.7 Å². The fraction of sp³-hybridized carbons (Fsp3) is 0.542. The number of benzene rings is 1. The Bertz CT molecular complexity index is 932. The molecule has 2 aromatic rings. The molecule has 2 aliphatic heterocycles. The third-order valence-corrected chi connectivity index (χ3v) is 6.85. The highest BCUT2D eigenvalue weighted by atomic mass is 16.5. The van der Waals surface area contributed by atoms with Crippen LogP contribution in [0.3, 0.4) is 0 Å². The number of nitrogens with zero attached hydrogens (tertiary/aromatic N) is 3. The van der Waals surface area contributed by atoms with Crippen molar-refractivity contribution >= 4 is 23.4 Å². The first-order chi connectivity index (χ1) is 15.7. The second-order valence-electron chi connectivity index (χ2n) is 9.14. The van der Waals surface area contributed by atoms with Gasteiger partial charge in [0.2, 0.25) is 5.95 Å². The molecule has 0 unspecified atom stereocenters. The van der Waals surface area contributed by atoms with Gasteiger partial charge in [0.25, 0.3) is 5.91 Å². The van der Waals surface area contributed by atoms with Gasteiger partial charge in [0.1, 0.15) is 5.82 Å². The molecule has 2 saturated heterocycles. The molecule has 0 spiro atoms. The van der Waals surface area contributed by atoms with E-state index in [0.29, 0.717) is 35.3 Å². The number of hydrogen-bond donors (Lipinski definition) is 3. The van der Waals surface area contributed by atoms with Gasteiger partial charge < -0.3 is 26.0 Å². The molecule has 5 rings (SSSR count). The largest absolute Gasteiger partial charge is 0.381 e. The molecular formula is C24H32N6O2. The van der Waals surface area contributed by atoms with Crippen molar-refractivity contribution in [2.24, 2.45) is 5.73 Å². The number of likely N-dealkylation sites (tertiary alicyclic amines) is 1. The van der Waals surface area contributed by atoms with E-state index in [-0.39, 0.29) is 0 Å². The van der Waals surface area contributed by atoms with Crippen LogP contribution in [0.2, 0.25) is 0 Å². The standard InChI is InChI=1S/C24H32N6O2/c25-22(31)21-15-26-24(29-23(21)27-18-5-6-18)28-19-3-1-16(2-4-19)17-7-11-30(12-8-17)20-9-13-32-14-10-20/h1-4,15,17-18,20H,5-14H2,(H2,25,31)(H2,26,27,28,29). The molecule has 1 saturated carbocycles. The van der Waals surface area contributed by atoms with Crippen molar-refractivity contribution in [2.75, 3.05) is 36.9 Å². The highest BCUT2D eigenvalue weighted by Crippen LogP contribution is 2.31. The summed E-state index contributed by atoms with van der Waals surface area (Å²) in [5.74, 6) is 1.05. The fourth-order valence-electron chi connectivity index (χ4n) is 4.77. The molecule has 3 aliphatic rings. The van der Waals surface area contributed by atoms with Gasteiger partial charge in [0, 0.05) is 37.2 Å². The Morgan fingerprint density at radius 1 is 1.03 bits per heavy atom. The first-order valence-electron chi connectivity index (χ1n) is 11.8. The average Bonchev–Trinajstić information content (AvgIpc) is 3.64. The minimum Gasteiger partial charge on any atom is -0.381 e. The number of nitrogens with one attached hydrogen (secondary N) is 2. The van der Waals surface area contributed by atoms with Crippen LogP contribution in [0, 0.1) is 0 Å². The molecule has 8 heteroatoms. The van der Waals surface area contributed by atoms with Crippen LogP contribution in [-0.2, 0) is 4.74 Å². The van der Waals surface area contributed by atoms with Crippen LogP contribution >= 0.6 is 0 Å². The summed E-state index contributed by atoms with van der Waals surface area (Å²) in [5, 5.41) is 6.52. The number of piperidine rings is 1. The number of anilines is 3. The van der Waals surface area contributed by atoms with Gasteiger partial charge in [-0.2, -0.15) is 4.98 Å². The first-order valence-corrected chi connectivity index (χ1v) is 11.8. The Hall–Kier alpha value is -2.71. The summed E-state index contributed by atoms with van der Waals surface area (Å²) in [7, 11) is 0. The van der Waals surface area contributed by atoms with Gasteiger partial charge in [-0.3, -0.25) is 4.79 Å². The van der Waals surface area contributed by atoms with Gasteiger partial charge in [-0.1, -0.05) is 12.1 Å². The summed E-state index contributed by atoms with van der Waals surface area (Å²) in [6.45, 7) is 4.16. The lowest BCUT2D eigenvalue weighted by Crippen LogP contribution is -2.43. The third kappa shape index (κ3) is 5.02. The number of hydrogen-bond acceptors (Lipinski definition) is 7. The number of carbonyl (C=O) groups is 1. The van der Waals surface area contributed by atoms with Gasteiger partial charge in [0.15, 0.2) is 0 Å². The van der Waals surface area contributed by atoms with Crippen molar-refractivity contribution in [2.45, 2.75) is 56.5 Å². The van der Waals surface area contributed by atoms with E-state index in [1.54, 1.807) is 0 Å². The lowest BCUT2D eigenvalue weighted by molar-refractivity contribution is 0.0252. The zero-order chi connectivity index (χ0) is 21.9. The summed E-state index contributed by atoms with van der Waals surface area (Å²) in [6.07, 6.45) is 8.41. The lowest BCUT2D eigenvalue weighted by atomic mass is 9.88. The molecule has 8 nitrogen and oxygen atoms in total. The second-order valence-corrected chi connectivity index (χ2v) is 9.14. The van der Waals surface area contributed by atoms with Gasteiger partial charge in [-0.15, -0.1) is 0 Å². The van der Waals surface area contributed by atoms with E-state index in [1.165, 1.54) is 50.5 Å². The summed E-state index contributed by atoms with van der Waals surface area (Å²) in [4.78, 5) is 23.1. The highest BCUT2D eigenvalue weighted by Gasteiger charge is 2.27. The Morgan fingerprint density at radius 2 is 1.75 bits per heavy atom. The van der Waals surface area contributed by atoms with Gasteiger partial charge >= 0.3 is 0 Å². The molecule has 3 fully saturated rings. The predicted octanol–water partition coefficient (Wildman–Crippen LogP) is 3.25. The second kappa shape index (κ2) is 9.42. The van der Waals surface area contributed by atoms with Crippen LogP contribution in [0.15, 0.2) is 30.5 Å². The normalized spacial score (nSPS) is 20.8. The van der Waals surface area contributed by atoms with Crippen molar-refractivity contribution < 1.29 is 9.53 Å². The maximum absolute atomic E-state index is 11.7. The molecule has 0 atom stereocenters. The van der Waals surface area contributed by atoms with Crippen LogP contribution in [0.5, 0.6) is 0 Å². The van der Waals surface area contributed by atoms with Crippen molar-refractivity contribution in [3.05, 3.63) is 41.6 Å². The topological polar surface area (TPSA) is 105 Å². The third-order valence-electron chi connectivity index (χ3n) is 6.85. The summed E-state index contributed by atoms with van der Waals surface area (Å²) >= 11 is 0. The van der Waals surface area contributed by atoms with Crippen molar-refractivity contribution in [1.82, 2.24) is 14.9 Å². The Kier molecular flexibility index (Phi) is 6.23. The molecule has 0 radical (unpaired) electrons. The molecular weight excluding hydrogens is 404 g/mol. The number of amides is 1. The summed E-state index contributed by atoms with van der Waals surface area (Å²) in [6, 6.07) is 9.65. The number of aromatic nitrogens is 2. The monoisotopic (exact) mass is 436 g/mol. The zero-order valence-electron chi connectivity index (χ0n) is 18.4. The minimum atomic E-state index is -0.521. The lowest BCUT2D eigenvalue weighted by Gasteiger charge is -2.39. The van der Waals surface area contributed by atoms with E-state index >= 15 is 0 Å².